The van der Waals surface area contributed by atoms with Crippen molar-refractivity contribution < 1.29 is 9.21 Å². The summed E-state index contributed by atoms with van der Waals surface area (Å²) in [5, 5.41) is 11.7. The van der Waals surface area contributed by atoms with Crippen LogP contribution in [0.2, 0.25) is 0 Å². The topological polar surface area (TPSA) is 68.0 Å². The van der Waals surface area contributed by atoms with Gasteiger partial charge < -0.3 is 9.73 Å². The highest BCUT2D eigenvalue weighted by molar-refractivity contribution is 7.99. The van der Waals surface area contributed by atoms with Gasteiger partial charge in [-0.3, -0.25) is 4.79 Å². The second kappa shape index (κ2) is 7.80. The van der Waals surface area contributed by atoms with Crippen molar-refractivity contribution >= 4 is 17.7 Å². The van der Waals surface area contributed by atoms with Gasteiger partial charge in [-0.05, 0) is 40.8 Å². The number of rotatable bonds is 5. The van der Waals surface area contributed by atoms with E-state index in [0.29, 0.717) is 11.1 Å². The highest BCUT2D eigenvalue weighted by Gasteiger charge is 2.29. The molecule has 0 unspecified atom stereocenters. The molecule has 6 heteroatoms. The lowest BCUT2D eigenvalue weighted by Crippen LogP contribution is -2.29. The number of carbonyl (C=O) groups excluding carboxylic acids is 1. The molecule has 0 aliphatic heterocycles. The van der Waals surface area contributed by atoms with E-state index in [-0.39, 0.29) is 17.7 Å². The number of hydrogen-bond donors (Lipinski definition) is 1. The first-order valence-electron chi connectivity index (χ1n) is 9.70. The van der Waals surface area contributed by atoms with Crippen molar-refractivity contribution in [3.8, 4) is 22.6 Å². The average Bonchev–Trinajstić information content (AvgIpc) is 3.37. The predicted molar refractivity (Wildman–Crippen MR) is 117 cm³/mol. The standard InChI is InChI=1S/C24H19N3O2S/c1-15-8-2-3-9-16(15)23-26-27-24(29-23)30-14-21(28)25-22-19-12-6-4-10-17(19)18-11-5-7-13-20(18)22/h2-13,22H,14H2,1H3,(H,25,28). The SMILES string of the molecule is Cc1ccccc1-c1nnc(SCC(=O)NC2c3ccccc3-c3ccccc32)o1. The summed E-state index contributed by atoms with van der Waals surface area (Å²) in [7, 11) is 0. The van der Waals surface area contributed by atoms with Gasteiger partial charge in [-0.15, -0.1) is 10.2 Å². The zero-order chi connectivity index (χ0) is 20.5. The molecule has 1 aliphatic rings. The largest absolute Gasteiger partial charge is 0.411 e. The van der Waals surface area contributed by atoms with Crippen LogP contribution in [0.25, 0.3) is 22.6 Å². The zero-order valence-electron chi connectivity index (χ0n) is 16.3. The molecule has 148 valence electrons. The molecule has 5 nitrogen and oxygen atoms in total. The van der Waals surface area contributed by atoms with Crippen LogP contribution in [0.4, 0.5) is 0 Å². The molecule has 0 bridgehead atoms. The van der Waals surface area contributed by atoms with Crippen molar-refractivity contribution in [3.63, 3.8) is 0 Å². The molecule has 0 radical (unpaired) electrons. The van der Waals surface area contributed by atoms with E-state index < -0.39 is 0 Å². The Labute approximate surface area is 178 Å². The smallest absolute Gasteiger partial charge is 0.277 e. The molecule has 1 aromatic heterocycles. The number of amides is 1. The van der Waals surface area contributed by atoms with Crippen molar-refractivity contribution in [1.29, 1.82) is 0 Å². The Morgan fingerprint density at radius 2 is 1.50 bits per heavy atom. The van der Waals surface area contributed by atoms with Crippen molar-refractivity contribution in [3.05, 3.63) is 89.5 Å². The van der Waals surface area contributed by atoms with E-state index in [1.165, 1.54) is 22.9 Å². The number of benzene rings is 3. The summed E-state index contributed by atoms with van der Waals surface area (Å²) < 4.78 is 5.74. The summed E-state index contributed by atoms with van der Waals surface area (Å²) in [6, 6.07) is 24.1. The van der Waals surface area contributed by atoms with E-state index in [4.69, 9.17) is 4.42 Å². The van der Waals surface area contributed by atoms with Gasteiger partial charge in [0, 0.05) is 5.56 Å². The average molecular weight is 414 g/mol. The van der Waals surface area contributed by atoms with E-state index >= 15 is 0 Å². The van der Waals surface area contributed by atoms with E-state index in [1.807, 2.05) is 55.5 Å². The minimum absolute atomic E-state index is 0.0767. The maximum absolute atomic E-state index is 12.7. The third-order valence-corrected chi connectivity index (χ3v) is 6.07. The van der Waals surface area contributed by atoms with Crippen LogP contribution >= 0.6 is 11.8 Å². The van der Waals surface area contributed by atoms with Gasteiger partial charge in [0.25, 0.3) is 5.22 Å². The Kier molecular flexibility index (Phi) is 4.85. The Morgan fingerprint density at radius 3 is 2.17 bits per heavy atom. The highest BCUT2D eigenvalue weighted by Crippen LogP contribution is 2.43. The van der Waals surface area contributed by atoms with Crippen molar-refractivity contribution in [2.24, 2.45) is 0 Å². The van der Waals surface area contributed by atoms with Gasteiger partial charge in [-0.25, -0.2) is 0 Å². The number of hydrogen-bond acceptors (Lipinski definition) is 5. The molecular formula is C24H19N3O2S. The van der Waals surface area contributed by atoms with Crippen molar-refractivity contribution in [2.45, 2.75) is 18.2 Å². The summed E-state index contributed by atoms with van der Waals surface area (Å²) in [6.45, 7) is 2.00. The summed E-state index contributed by atoms with van der Waals surface area (Å²) in [5.41, 5.74) is 6.56. The molecule has 3 aromatic carbocycles. The van der Waals surface area contributed by atoms with Gasteiger partial charge in [0.1, 0.15) is 0 Å². The van der Waals surface area contributed by atoms with E-state index in [2.05, 4.69) is 39.8 Å². The van der Waals surface area contributed by atoms with Crippen molar-refractivity contribution in [2.75, 3.05) is 5.75 Å². The first-order chi connectivity index (χ1) is 14.7. The Hall–Kier alpha value is -3.38. The second-order valence-electron chi connectivity index (χ2n) is 7.15. The lowest BCUT2D eigenvalue weighted by atomic mass is 10.1. The molecule has 1 aliphatic carbocycles. The third kappa shape index (κ3) is 3.39. The maximum Gasteiger partial charge on any atom is 0.277 e. The molecule has 0 atom stereocenters. The number of fused-ring (bicyclic) bond motifs is 3. The third-order valence-electron chi connectivity index (χ3n) is 5.25. The molecule has 1 N–H and O–H groups in total. The number of aromatic nitrogens is 2. The molecular weight excluding hydrogens is 394 g/mol. The fraction of sp³-hybridized carbons (Fsp3) is 0.125. The predicted octanol–water partition coefficient (Wildman–Crippen LogP) is 5.02. The van der Waals surface area contributed by atoms with Crippen LogP contribution in [-0.4, -0.2) is 21.9 Å². The van der Waals surface area contributed by atoms with Crippen LogP contribution in [0.5, 0.6) is 0 Å². The van der Waals surface area contributed by atoms with Gasteiger partial charge >= 0.3 is 0 Å². The molecule has 1 heterocycles. The monoisotopic (exact) mass is 413 g/mol. The number of nitrogens with one attached hydrogen (secondary N) is 1. The molecule has 0 fully saturated rings. The minimum Gasteiger partial charge on any atom is -0.411 e. The van der Waals surface area contributed by atoms with Gasteiger partial charge in [-0.1, -0.05) is 78.5 Å². The number of nitrogens with zero attached hydrogens (tertiary/aromatic N) is 2. The highest BCUT2D eigenvalue weighted by atomic mass is 32.2. The Morgan fingerprint density at radius 1 is 0.900 bits per heavy atom. The molecule has 0 saturated heterocycles. The molecule has 4 aromatic rings. The summed E-state index contributed by atoms with van der Waals surface area (Å²) in [4.78, 5) is 12.7. The van der Waals surface area contributed by atoms with Crippen LogP contribution in [0.1, 0.15) is 22.7 Å². The van der Waals surface area contributed by atoms with E-state index in [9.17, 15) is 4.79 Å². The Balaban J connectivity index is 1.28. The molecule has 5 rings (SSSR count). The van der Waals surface area contributed by atoms with Crippen LogP contribution in [0.3, 0.4) is 0 Å². The first-order valence-corrected chi connectivity index (χ1v) is 10.7. The van der Waals surface area contributed by atoms with Crippen LogP contribution in [0, 0.1) is 6.92 Å². The maximum atomic E-state index is 12.7. The number of carbonyl (C=O) groups is 1. The quantitative estimate of drug-likeness (QED) is 0.465. The molecule has 30 heavy (non-hydrogen) atoms. The fourth-order valence-electron chi connectivity index (χ4n) is 3.83. The van der Waals surface area contributed by atoms with E-state index in [1.54, 1.807) is 0 Å². The molecule has 0 spiro atoms. The van der Waals surface area contributed by atoms with Crippen molar-refractivity contribution in [1.82, 2.24) is 15.5 Å². The van der Waals surface area contributed by atoms with E-state index in [0.717, 1.165) is 22.3 Å². The van der Waals surface area contributed by atoms with Crippen LogP contribution < -0.4 is 5.32 Å². The summed E-state index contributed by atoms with van der Waals surface area (Å²) in [6.07, 6.45) is 0. The molecule has 1 amide bonds. The zero-order valence-corrected chi connectivity index (χ0v) is 17.1. The molecule has 0 saturated carbocycles. The second-order valence-corrected chi connectivity index (χ2v) is 8.08. The first kappa shape index (κ1) is 18.6. The van der Waals surface area contributed by atoms with Crippen LogP contribution in [-0.2, 0) is 4.79 Å². The summed E-state index contributed by atoms with van der Waals surface area (Å²) >= 11 is 1.24. The lowest BCUT2D eigenvalue weighted by molar-refractivity contribution is -0.119. The van der Waals surface area contributed by atoms with Crippen LogP contribution in [0.15, 0.2) is 82.4 Å². The van der Waals surface area contributed by atoms with Gasteiger partial charge in [0.05, 0.1) is 11.8 Å². The van der Waals surface area contributed by atoms with Gasteiger partial charge in [-0.2, -0.15) is 0 Å². The minimum atomic E-state index is -0.143. The summed E-state index contributed by atoms with van der Waals surface area (Å²) in [5.74, 6) is 0.595. The number of aryl methyl sites for hydroxylation is 1. The van der Waals surface area contributed by atoms with Gasteiger partial charge in [0.15, 0.2) is 0 Å². The lowest BCUT2D eigenvalue weighted by Gasteiger charge is -2.15. The van der Waals surface area contributed by atoms with Gasteiger partial charge in [0.2, 0.25) is 11.8 Å². The number of thioether (sulfide) groups is 1. The normalized spacial score (nSPS) is 12.4. The fourth-order valence-corrected chi connectivity index (χ4v) is 4.41. The Bertz CT molecular complexity index is 1190.